The highest BCUT2D eigenvalue weighted by Crippen LogP contribution is 2.22. The summed E-state index contributed by atoms with van der Waals surface area (Å²) < 4.78 is 1.78. The van der Waals surface area contributed by atoms with Gasteiger partial charge in [-0.2, -0.15) is 5.10 Å². The first-order chi connectivity index (χ1) is 9.74. The number of fused-ring (bicyclic) bond motifs is 1. The third-order valence-corrected chi connectivity index (χ3v) is 4.24. The second kappa shape index (κ2) is 5.83. The first-order valence-electron chi connectivity index (χ1n) is 7.57. The second-order valence-corrected chi connectivity index (χ2v) is 5.76. The van der Waals surface area contributed by atoms with Gasteiger partial charge >= 0.3 is 6.03 Å². The molecule has 0 spiro atoms. The standard InChI is InChI=1S/C14H23N5O/c1-19-13(11-9-15-8-7-12(11)18-19)17-14(20)16-10-5-3-2-4-6-10/h10,15H,2-9H2,1H3,(H2,16,17,20). The van der Waals surface area contributed by atoms with Gasteiger partial charge in [0, 0.05) is 38.2 Å². The van der Waals surface area contributed by atoms with E-state index < -0.39 is 0 Å². The molecule has 1 aromatic rings. The van der Waals surface area contributed by atoms with E-state index >= 15 is 0 Å². The molecule has 0 atom stereocenters. The van der Waals surface area contributed by atoms with Crippen molar-refractivity contribution in [1.29, 1.82) is 0 Å². The topological polar surface area (TPSA) is 71.0 Å². The molecule has 6 nitrogen and oxygen atoms in total. The monoisotopic (exact) mass is 277 g/mol. The lowest BCUT2D eigenvalue weighted by atomic mass is 9.96. The van der Waals surface area contributed by atoms with Crippen LogP contribution in [0.3, 0.4) is 0 Å². The van der Waals surface area contributed by atoms with Gasteiger partial charge in [-0.3, -0.25) is 10.00 Å². The zero-order chi connectivity index (χ0) is 13.9. The predicted molar refractivity (Wildman–Crippen MR) is 77.6 cm³/mol. The van der Waals surface area contributed by atoms with Crippen LogP contribution in [0.4, 0.5) is 10.6 Å². The van der Waals surface area contributed by atoms with Gasteiger partial charge in [0.05, 0.1) is 5.69 Å². The number of carbonyl (C=O) groups excluding carboxylic acids is 1. The SMILES string of the molecule is Cn1nc2c(c1NC(=O)NC1CCCCC1)CNCC2. The van der Waals surface area contributed by atoms with Crippen LogP contribution in [0.5, 0.6) is 0 Å². The largest absolute Gasteiger partial charge is 0.335 e. The minimum atomic E-state index is -0.103. The number of nitrogens with zero attached hydrogens (tertiary/aromatic N) is 2. The Kier molecular flexibility index (Phi) is 3.91. The fraction of sp³-hybridized carbons (Fsp3) is 0.714. The lowest BCUT2D eigenvalue weighted by Crippen LogP contribution is -2.39. The Labute approximate surface area is 119 Å². The molecule has 0 radical (unpaired) electrons. The number of aryl methyl sites for hydroxylation is 1. The van der Waals surface area contributed by atoms with Crippen molar-refractivity contribution in [2.45, 2.75) is 51.1 Å². The number of urea groups is 1. The molecule has 0 saturated heterocycles. The maximum atomic E-state index is 12.1. The van der Waals surface area contributed by atoms with Gasteiger partial charge in [0.1, 0.15) is 5.82 Å². The number of aromatic nitrogens is 2. The van der Waals surface area contributed by atoms with E-state index in [-0.39, 0.29) is 6.03 Å². The maximum Gasteiger partial charge on any atom is 0.320 e. The van der Waals surface area contributed by atoms with Crippen molar-refractivity contribution in [3.8, 4) is 0 Å². The van der Waals surface area contributed by atoms with Crippen LogP contribution in [0.25, 0.3) is 0 Å². The summed E-state index contributed by atoms with van der Waals surface area (Å²) in [5.74, 6) is 0.820. The summed E-state index contributed by atoms with van der Waals surface area (Å²) in [5.41, 5.74) is 2.22. The third kappa shape index (κ3) is 2.80. The van der Waals surface area contributed by atoms with Crippen LogP contribution in [0, 0.1) is 0 Å². The van der Waals surface area contributed by atoms with Crippen molar-refractivity contribution < 1.29 is 4.79 Å². The van der Waals surface area contributed by atoms with Crippen molar-refractivity contribution in [3.05, 3.63) is 11.3 Å². The molecule has 3 rings (SSSR count). The van der Waals surface area contributed by atoms with Gasteiger partial charge in [0.25, 0.3) is 0 Å². The lowest BCUT2D eigenvalue weighted by molar-refractivity contribution is 0.244. The van der Waals surface area contributed by atoms with Crippen molar-refractivity contribution in [1.82, 2.24) is 20.4 Å². The normalized spacial score (nSPS) is 19.4. The van der Waals surface area contributed by atoms with Crippen LogP contribution in [0.15, 0.2) is 0 Å². The van der Waals surface area contributed by atoms with Crippen LogP contribution in [-0.4, -0.2) is 28.4 Å². The minimum Gasteiger partial charge on any atom is -0.335 e. The summed E-state index contributed by atoms with van der Waals surface area (Å²) in [5, 5.41) is 13.9. The Morgan fingerprint density at radius 3 is 2.95 bits per heavy atom. The number of hydrogen-bond acceptors (Lipinski definition) is 3. The maximum absolute atomic E-state index is 12.1. The molecule has 0 unspecified atom stereocenters. The molecule has 110 valence electrons. The van der Waals surface area contributed by atoms with E-state index in [1.54, 1.807) is 4.68 Å². The molecule has 6 heteroatoms. The van der Waals surface area contributed by atoms with Crippen molar-refractivity contribution in [2.24, 2.45) is 7.05 Å². The summed E-state index contributed by atoms with van der Waals surface area (Å²) in [6.07, 6.45) is 6.85. The molecular formula is C14H23N5O. The van der Waals surface area contributed by atoms with Gasteiger partial charge in [-0.25, -0.2) is 4.79 Å². The molecule has 2 aliphatic rings. The Balaban J connectivity index is 1.65. The highest BCUT2D eigenvalue weighted by Gasteiger charge is 2.21. The second-order valence-electron chi connectivity index (χ2n) is 5.76. The summed E-state index contributed by atoms with van der Waals surface area (Å²) in [6, 6.07) is 0.221. The average molecular weight is 277 g/mol. The molecular weight excluding hydrogens is 254 g/mol. The fourth-order valence-electron chi connectivity index (χ4n) is 3.16. The Bertz CT molecular complexity index is 490. The molecule has 1 fully saturated rings. The highest BCUT2D eigenvalue weighted by molar-refractivity contribution is 5.89. The third-order valence-electron chi connectivity index (χ3n) is 4.24. The van der Waals surface area contributed by atoms with Crippen molar-refractivity contribution in [2.75, 3.05) is 11.9 Å². The molecule has 20 heavy (non-hydrogen) atoms. The van der Waals surface area contributed by atoms with Gasteiger partial charge in [-0.15, -0.1) is 0 Å². The van der Waals surface area contributed by atoms with Gasteiger partial charge in [-0.05, 0) is 12.8 Å². The smallest absolute Gasteiger partial charge is 0.320 e. The zero-order valence-electron chi connectivity index (χ0n) is 12.0. The van der Waals surface area contributed by atoms with E-state index in [0.717, 1.165) is 49.4 Å². The predicted octanol–water partition coefficient (Wildman–Crippen LogP) is 1.52. The quantitative estimate of drug-likeness (QED) is 0.767. The van der Waals surface area contributed by atoms with Crippen LogP contribution in [0.1, 0.15) is 43.4 Å². The molecule has 0 aromatic carbocycles. The number of carbonyl (C=O) groups is 1. The Morgan fingerprint density at radius 1 is 1.35 bits per heavy atom. The van der Waals surface area contributed by atoms with Crippen LogP contribution < -0.4 is 16.0 Å². The van der Waals surface area contributed by atoms with E-state index in [9.17, 15) is 4.79 Å². The Morgan fingerprint density at radius 2 is 2.15 bits per heavy atom. The van der Waals surface area contributed by atoms with E-state index in [4.69, 9.17) is 0 Å². The van der Waals surface area contributed by atoms with E-state index in [1.807, 2.05) is 7.05 Å². The molecule has 0 bridgehead atoms. The lowest BCUT2D eigenvalue weighted by Gasteiger charge is -2.23. The minimum absolute atomic E-state index is 0.103. The Hall–Kier alpha value is -1.56. The van der Waals surface area contributed by atoms with Crippen LogP contribution in [-0.2, 0) is 20.0 Å². The number of nitrogens with one attached hydrogen (secondary N) is 3. The van der Waals surface area contributed by atoms with Crippen molar-refractivity contribution >= 4 is 11.8 Å². The first kappa shape index (κ1) is 13.4. The molecule has 1 aliphatic carbocycles. The van der Waals surface area contributed by atoms with Gasteiger partial charge < -0.3 is 10.6 Å². The van der Waals surface area contributed by atoms with E-state index in [1.165, 1.54) is 19.3 Å². The molecule has 3 N–H and O–H groups in total. The average Bonchev–Trinajstić information content (AvgIpc) is 2.76. The highest BCUT2D eigenvalue weighted by atomic mass is 16.2. The molecule has 1 aliphatic heterocycles. The summed E-state index contributed by atoms with van der Waals surface area (Å²) in [6.45, 7) is 1.74. The zero-order valence-corrected chi connectivity index (χ0v) is 12.0. The number of amides is 2. The van der Waals surface area contributed by atoms with Gasteiger partial charge in [0.15, 0.2) is 0 Å². The molecule has 1 saturated carbocycles. The van der Waals surface area contributed by atoms with E-state index in [2.05, 4.69) is 21.0 Å². The van der Waals surface area contributed by atoms with E-state index in [0.29, 0.717) is 6.04 Å². The molecule has 1 aromatic heterocycles. The first-order valence-corrected chi connectivity index (χ1v) is 7.57. The van der Waals surface area contributed by atoms with Crippen molar-refractivity contribution in [3.63, 3.8) is 0 Å². The summed E-state index contributed by atoms with van der Waals surface area (Å²) >= 11 is 0. The van der Waals surface area contributed by atoms with Gasteiger partial charge in [-0.1, -0.05) is 19.3 Å². The molecule has 2 heterocycles. The summed E-state index contributed by atoms with van der Waals surface area (Å²) in [7, 11) is 1.88. The summed E-state index contributed by atoms with van der Waals surface area (Å²) in [4.78, 5) is 12.1. The molecule has 2 amide bonds. The fourth-order valence-corrected chi connectivity index (χ4v) is 3.16. The number of hydrogen-bond donors (Lipinski definition) is 3. The number of rotatable bonds is 2. The number of anilines is 1. The van der Waals surface area contributed by atoms with Gasteiger partial charge in [0.2, 0.25) is 0 Å². The van der Waals surface area contributed by atoms with Crippen LogP contribution >= 0.6 is 0 Å². The van der Waals surface area contributed by atoms with Crippen LogP contribution in [0.2, 0.25) is 0 Å².